The third kappa shape index (κ3) is 3.99. The smallest absolute Gasteiger partial charge is 0.293 e. The summed E-state index contributed by atoms with van der Waals surface area (Å²) in [4.78, 5) is 12.9. The molecule has 1 aromatic carbocycles. The molecule has 0 aromatic heterocycles. The predicted molar refractivity (Wildman–Crippen MR) is 97.8 cm³/mol. The Bertz CT molecular complexity index is 752. The average molecular weight is 383 g/mol. The van der Waals surface area contributed by atoms with Gasteiger partial charge < -0.3 is 10.0 Å². The SMILES string of the molecule is O=[N+]([O-])c1cc(S(=O)(=O)N2CCCCCC2)ccc1N1CCC(O)CC1. The average Bonchev–Trinajstić information content (AvgIpc) is 2.92. The molecule has 0 unspecified atom stereocenters. The Morgan fingerprint density at radius 1 is 1.04 bits per heavy atom. The Labute approximate surface area is 153 Å². The van der Waals surface area contributed by atoms with E-state index in [1.807, 2.05) is 4.90 Å². The van der Waals surface area contributed by atoms with Gasteiger partial charge in [-0.15, -0.1) is 0 Å². The number of nitrogens with zero attached hydrogens (tertiary/aromatic N) is 3. The van der Waals surface area contributed by atoms with Crippen molar-refractivity contribution in [3.63, 3.8) is 0 Å². The fourth-order valence-electron chi connectivity index (χ4n) is 3.62. The normalized spacial score (nSPS) is 20.7. The molecule has 0 aliphatic carbocycles. The van der Waals surface area contributed by atoms with Gasteiger partial charge in [0.05, 0.1) is 15.9 Å². The van der Waals surface area contributed by atoms with Crippen molar-refractivity contribution in [3.8, 4) is 0 Å². The highest BCUT2D eigenvalue weighted by Crippen LogP contribution is 2.33. The number of nitro groups is 1. The third-order valence-electron chi connectivity index (χ3n) is 5.15. The lowest BCUT2D eigenvalue weighted by atomic mass is 10.1. The van der Waals surface area contributed by atoms with Gasteiger partial charge >= 0.3 is 0 Å². The molecule has 2 fully saturated rings. The molecular weight excluding hydrogens is 358 g/mol. The van der Waals surface area contributed by atoms with Crippen molar-refractivity contribution in [2.75, 3.05) is 31.1 Å². The second-order valence-electron chi connectivity index (χ2n) is 6.94. The molecule has 2 heterocycles. The first-order valence-corrected chi connectivity index (χ1v) is 10.6. The van der Waals surface area contributed by atoms with Crippen LogP contribution < -0.4 is 4.90 Å². The molecule has 1 N–H and O–H groups in total. The van der Waals surface area contributed by atoms with Crippen LogP contribution in [0.4, 0.5) is 11.4 Å². The van der Waals surface area contributed by atoms with Crippen molar-refractivity contribution in [2.45, 2.75) is 49.5 Å². The van der Waals surface area contributed by atoms with Crippen LogP contribution in [0.1, 0.15) is 38.5 Å². The first-order valence-electron chi connectivity index (χ1n) is 9.11. The van der Waals surface area contributed by atoms with Crippen molar-refractivity contribution in [1.29, 1.82) is 0 Å². The molecule has 26 heavy (non-hydrogen) atoms. The van der Waals surface area contributed by atoms with Crippen molar-refractivity contribution in [1.82, 2.24) is 4.31 Å². The van der Waals surface area contributed by atoms with Gasteiger partial charge in [-0.3, -0.25) is 10.1 Å². The lowest BCUT2D eigenvalue weighted by molar-refractivity contribution is -0.384. The standard InChI is InChI=1S/C17H25N3O5S/c21-14-7-11-18(12-8-14)16-6-5-15(13-17(16)20(22)23)26(24,25)19-9-3-1-2-4-10-19/h5-6,13-14,21H,1-4,7-12H2. The first kappa shape index (κ1) is 19.1. The number of nitro benzene ring substituents is 1. The third-order valence-corrected chi connectivity index (χ3v) is 7.05. The summed E-state index contributed by atoms with van der Waals surface area (Å²) in [6, 6.07) is 4.18. The number of hydrogen-bond donors (Lipinski definition) is 1. The summed E-state index contributed by atoms with van der Waals surface area (Å²) in [6.45, 7) is 1.95. The van der Waals surface area contributed by atoms with E-state index in [0.717, 1.165) is 25.7 Å². The molecule has 3 rings (SSSR count). The van der Waals surface area contributed by atoms with Gasteiger partial charge in [0.2, 0.25) is 10.0 Å². The van der Waals surface area contributed by atoms with Crippen LogP contribution in [0.3, 0.4) is 0 Å². The summed E-state index contributed by atoms with van der Waals surface area (Å²) >= 11 is 0. The van der Waals surface area contributed by atoms with Gasteiger partial charge in [-0.1, -0.05) is 12.8 Å². The molecule has 0 saturated carbocycles. The predicted octanol–water partition coefficient (Wildman–Crippen LogP) is 2.12. The number of piperidine rings is 1. The monoisotopic (exact) mass is 383 g/mol. The van der Waals surface area contributed by atoms with Gasteiger partial charge in [0, 0.05) is 32.2 Å². The van der Waals surface area contributed by atoms with E-state index < -0.39 is 14.9 Å². The minimum atomic E-state index is -3.73. The minimum absolute atomic E-state index is 0.0214. The Morgan fingerprint density at radius 3 is 2.23 bits per heavy atom. The Kier molecular flexibility index (Phi) is 5.79. The van der Waals surface area contributed by atoms with Crippen LogP contribution in [-0.4, -0.2) is 55.0 Å². The lowest BCUT2D eigenvalue weighted by Gasteiger charge is -2.31. The number of hydrogen-bond acceptors (Lipinski definition) is 6. The second-order valence-corrected chi connectivity index (χ2v) is 8.88. The van der Waals surface area contributed by atoms with Gasteiger partial charge in [0.25, 0.3) is 5.69 Å². The van der Waals surface area contributed by atoms with E-state index >= 15 is 0 Å². The van der Waals surface area contributed by atoms with Crippen LogP contribution in [0.25, 0.3) is 0 Å². The van der Waals surface area contributed by atoms with E-state index in [1.165, 1.54) is 22.5 Å². The quantitative estimate of drug-likeness (QED) is 0.631. The summed E-state index contributed by atoms with van der Waals surface area (Å²) in [6.07, 6.45) is 4.35. The molecule has 144 valence electrons. The zero-order valence-electron chi connectivity index (χ0n) is 14.7. The molecule has 0 amide bonds. The maximum atomic E-state index is 12.9. The van der Waals surface area contributed by atoms with E-state index in [4.69, 9.17) is 0 Å². The van der Waals surface area contributed by atoms with Crippen molar-refractivity contribution < 1.29 is 18.4 Å². The summed E-state index contributed by atoms with van der Waals surface area (Å²) < 4.78 is 27.2. The Morgan fingerprint density at radius 2 is 1.65 bits per heavy atom. The molecular formula is C17H25N3O5S. The number of sulfonamides is 1. The Balaban J connectivity index is 1.91. The number of benzene rings is 1. The molecule has 1 aromatic rings. The van der Waals surface area contributed by atoms with Gasteiger partial charge in [-0.2, -0.15) is 4.31 Å². The summed E-state index contributed by atoms with van der Waals surface area (Å²) in [5, 5.41) is 21.2. The highest BCUT2D eigenvalue weighted by Gasteiger charge is 2.30. The highest BCUT2D eigenvalue weighted by atomic mass is 32.2. The summed E-state index contributed by atoms with van der Waals surface area (Å²) in [7, 11) is -3.73. The number of rotatable bonds is 4. The summed E-state index contributed by atoms with van der Waals surface area (Å²) in [5.41, 5.74) is 0.217. The molecule has 0 spiro atoms. The maximum absolute atomic E-state index is 12.9. The van der Waals surface area contributed by atoms with Crippen LogP contribution >= 0.6 is 0 Å². The first-order chi connectivity index (χ1) is 12.4. The molecule has 0 bridgehead atoms. The topological polar surface area (TPSA) is 104 Å². The number of aliphatic hydroxyl groups is 1. The van der Waals surface area contributed by atoms with E-state index in [0.29, 0.717) is 44.7 Å². The van der Waals surface area contributed by atoms with Crippen LogP contribution in [0, 0.1) is 10.1 Å². The van der Waals surface area contributed by atoms with Crippen LogP contribution in [0.15, 0.2) is 23.1 Å². The van der Waals surface area contributed by atoms with Gasteiger partial charge in [-0.05, 0) is 37.8 Å². The largest absolute Gasteiger partial charge is 0.393 e. The van der Waals surface area contributed by atoms with E-state index in [1.54, 1.807) is 0 Å². The molecule has 2 saturated heterocycles. The second kappa shape index (κ2) is 7.89. The molecule has 2 aliphatic heterocycles. The number of aliphatic hydroxyl groups excluding tert-OH is 1. The fraction of sp³-hybridized carbons (Fsp3) is 0.647. The van der Waals surface area contributed by atoms with E-state index in [2.05, 4.69) is 0 Å². The lowest BCUT2D eigenvalue weighted by Crippen LogP contribution is -2.36. The molecule has 9 heteroatoms. The molecule has 8 nitrogen and oxygen atoms in total. The highest BCUT2D eigenvalue weighted by molar-refractivity contribution is 7.89. The van der Waals surface area contributed by atoms with Crippen LogP contribution in [0.2, 0.25) is 0 Å². The molecule has 0 radical (unpaired) electrons. The van der Waals surface area contributed by atoms with Crippen molar-refractivity contribution in [2.24, 2.45) is 0 Å². The van der Waals surface area contributed by atoms with Gasteiger partial charge in [-0.25, -0.2) is 8.42 Å². The summed E-state index contributed by atoms with van der Waals surface area (Å²) in [5.74, 6) is 0. The van der Waals surface area contributed by atoms with E-state index in [-0.39, 0.29) is 16.7 Å². The molecule has 2 aliphatic rings. The van der Waals surface area contributed by atoms with E-state index in [9.17, 15) is 23.6 Å². The molecule has 0 atom stereocenters. The van der Waals surface area contributed by atoms with Gasteiger partial charge in [0.15, 0.2) is 0 Å². The zero-order chi connectivity index (χ0) is 18.7. The van der Waals surface area contributed by atoms with Crippen molar-refractivity contribution in [3.05, 3.63) is 28.3 Å². The van der Waals surface area contributed by atoms with Gasteiger partial charge in [0.1, 0.15) is 5.69 Å². The van der Waals surface area contributed by atoms with Crippen LogP contribution in [0.5, 0.6) is 0 Å². The Hall–Kier alpha value is -1.71. The maximum Gasteiger partial charge on any atom is 0.293 e. The number of anilines is 1. The minimum Gasteiger partial charge on any atom is -0.393 e. The fourth-order valence-corrected chi connectivity index (χ4v) is 5.15. The zero-order valence-corrected chi connectivity index (χ0v) is 15.5. The van der Waals surface area contributed by atoms with Crippen molar-refractivity contribution >= 4 is 21.4 Å². The van der Waals surface area contributed by atoms with Crippen LogP contribution in [-0.2, 0) is 10.0 Å².